The average Bonchev–Trinajstić information content (AvgIpc) is 2.90. The molecule has 0 aliphatic rings. The Hall–Kier alpha value is -3.05. The number of unbranched alkanes of at least 4 members (excludes halogenated alkanes) is 2. The zero-order valence-electron chi connectivity index (χ0n) is 22.2. The van der Waals surface area contributed by atoms with E-state index in [1.165, 1.54) is 18.1 Å². The van der Waals surface area contributed by atoms with Crippen LogP contribution in [0.15, 0.2) is 72.8 Å². The molecular weight excluding hydrogens is 480 g/mol. The van der Waals surface area contributed by atoms with Gasteiger partial charge in [-0.2, -0.15) is 0 Å². The van der Waals surface area contributed by atoms with Crippen molar-refractivity contribution in [2.45, 2.75) is 71.0 Å². The molecule has 0 saturated heterocycles. The van der Waals surface area contributed by atoms with Crippen LogP contribution in [0, 0.1) is 0 Å². The lowest BCUT2D eigenvalue weighted by Crippen LogP contribution is -2.10. The van der Waals surface area contributed by atoms with Crippen molar-refractivity contribution in [3.05, 3.63) is 89.5 Å². The Kier molecular flexibility index (Phi) is 11.8. The number of hydrogen-bond acceptors (Lipinski definition) is 5. The first-order valence-electron chi connectivity index (χ1n) is 13.3. The van der Waals surface area contributed by atoms with E-state index in [4.69, 9.17) is 9.47 Å². The molecule has 37 heavy (non-hydrogen) atoms. The van der Waals surface area contributed by atoms with Crippen LogP contribution >= 0.6 is 11.8 Å². The number of aryl methyl sites for hydroxylation is 2. The van der Waals surface area contributed by atoms with Crippen LogP contribution < -0.4 is 9.47 Å². The fourth-order valence-electron chi connectivity index (χ4n) is 4.22. The Labute approximate surface area is 225 Å². The molecule has 0 aliphatic carbocycles. The van der Waals surface area contributed by atoms with E-state index < -0.39 is 5.25 Å². The molecule has 0 spiro atoms. The average molecular weight is 519 g/mol. The number of ketones is 1. The Morgan fingerprint density at radius 2 is 1.65 bits per heavy atom. The number of carbonyl (C=O) groups excluding carboxylic acids is 2. The Bertz CT molecular complexity index is 1140. The second-order valence-electron chi connectivity index (χ2n) is 9.15. The summed E-state index contributed by atoms with van der Waals surface area (Å²) >= 11 is 1.12. The number of carbonyl (C=O) groups is 2. The van der Waals surface area contributed by atoms with Crippen LogP contribution in [-0.4, -0.2) is 17.5 Å². The van der Waals surface area contributed by atoms with Gasteiger partial charge in [0, 0.05) is 13.3 Å². The number of Topliss-reactive ketones (excluding diaryl/α,β-unsaturated/α-hetero) is 1. The zero-order valence-corrected chi connectivity index (χ0v) is 23.0. The molecule has 0 saturated carbocycles. The SMILES string of the molecule is CCCc1cc(Oc2ccccc2)ccc1OCCCCCc1cccc(C(SC(C)=O)C(=O)CC)c1. The number of rotatable bonds is 15. The van der Waals surface area contributed by atoms with Crippen LogP contribution in [0.5, 0.6) is 17.2 Å². The van der Waals surface area contributed by atoms with E-state index in [0.717, 1.165) is 73.1 Å². The van der Waals surface area contributed by atoms with Gasteiger partial charge < -0.3 is 9.47 Å². The maximum Gasteiger partial charge on any atom is 0.186 e. The zero-order chi connectivity index (χ0) is 26.5. The molecular formula is C32H38O4S. The van der Waals surface area contributed by atoms with E-state index in [0.29, 0.717) is 13.0 Å². The fourth-order valence-corrected chi connectivity index (χ4v) is 5.13. The van der Waals surface area contributed by atoms with Gasteiger partial charge in [-0.05, 0) is 79.1 Å². The van der Waals surface area contributed by atoms with Crippen molar-refractivity contribution in [2.24, 2.45) is 0 Å². The highest BCUT2D eigenvalue weighted by Crippen LogP contribution is 2.32. The minimum Gasteiger partial charge on any atom is -0.493 e. The first-order valence-corrected chi connectivity index (χ1v) is 14.2. The number of hydrogen-bond donors (Lipinski definition) is 0. The van der Waals surface area contributed by atoms with Gasteiger partial charge in [-0.15, -0.1) is 0 Å². The Morgan fingerprint density at radius 1 is 0.838 bits per heavy atom. The summed E-state index contributed by atoms with van der Waals surface area (Å²) < 4.78 is 12.1. The summed E-state index contributed by atoms with van der Waals surface area (Å²) in [4.78, 5) is 24.0. The Morgan fingerprint density at radius 3 is 2.38 bits per heavy atom. The molecule has 0 aromatic heterocycles. The van der Waals surface area contributed by atoms with Crippen LogP contribution in [0.3, 0.4) is 0 Å². The first kappa shape index (κ1) is 28.5. The largest absolute Gasteiger partial charge is 0.493 e. The standard InChI is InChI=1S/C32H38O4S/c1-4-13-26-23-29(36-28-17-9-6-10-18-28)19-20-31(26)35-21-11-7-8-14-25-15-12-16-27(22-25)32(30(34)5-2)37-24(3)33/h6,9-10,12,15-20,22-23,32H,4-5,7-8,11,13-14,21H2,1-3H3. The van der Waals surface area contributed by atoms with Crippen LogP contribution in [0.25, 0.3) is 0 Å². The molecule has 0 heterocycles. The second kappa shape index (κ2) is 15.3. The van der Waals surface area contributed by atoms with Crippen molar-refractivity contribution in [3.63, 3.8) is 0 Å². The maximum absolute atomic E-state index is 12.4. The minimum absolute atomic E-state index is 0.0299. The molecule has 3 aromatic rings. The number of ether oxygens (including phenoxy) is 2. The lowest BCUT2D eigenvalue weighted by Gasteiger charge is -2.15. The predicted molar refractivity (Wildman–Crippen MR) is 153 cm³/mol. The molecule has 0 fully saturated rings. The predicted octanol–water partition coefficient (Wildman–Crippen LogP) is 8.52. The van der Waals surface area contributed by atoms with Gasteiger partial charge in [0.1, 0.15) is 23.0 Å². The maximum atomic E-state index is 12.4. The summed E-state index contributed by atoms with van der Waals surface area (Å²) in [5, 5.41) is -0.435. The second-order valence-corrected chi connectivity index (χ2v) is 10.4. The highest BCUT2D eigenvalue weighted by Gasteiger charge is 2.21. The molecule has 0 aliphatic heterocycles. The summed E-state index contributed by atoms with van der Waals surface area (Å²) in [5.41, 5.74) is 3.30. The van der Waals surface area contributed by atoms with Gasteiger partial charge in [-0.3, -0.25) is 9.59 Å². The molecule has 0 amide bonds. The minimum atomic E-state index is -0.405. The van der Waals surface area contributed by atoms with E-state index in [-0.39, 0.29) is 10.9 Å². The third kappa shape index (κ3) is 9.40. The first-order chi connectivity index (χ1) is 18.0. The number of para-hydroxylation sites is 1. The molecule has 0 bridgehead atoms. The van der Waals surface area contributed by atoms with Crippen LogP contribution in [0.4, 0.5) is 0 Å². The fraction of sp³-hybridized carbons (Fsp3) is 0.375. The molecule has 0 radical (unpaired) electrons. The van der Waals surface area contributed by atoms with Crippen molar-refractivity contribution in [2.75, 3.05) is 6.61 Å². The van der Waals surface area contributed by atoms with Gasteiger partial charge in [0.15, 0.2) is 5.12 Å². The highest BCUT2D eigenvalue weighted by molar-refractivity contribution is 8.14. The topological polar surface area (TPSA) is 52.6 Å². The van der Waals surface area contributed by atoms with Crippen LogP contribution in [-0.2, 0) is 22.4 Å². The quantitative estimate of drug-likeness (QED) is 0.189. The van der Waals surface area contributed by atoms with E-state index >= 15 is 0 Å². The van der Waals surface area contributed by atoms with Gasteiger partial charge in [0.05, 0.1) is 11.9 Å². The summed E-state index contributed by atoms with van der Waals surface area (Å²) in [7, 11) is 0. The monoisotopic (exact) mass is 518 g/mol. The van der Waals surface area contributed by atoms with Crippen molar-refractivity contribution in [1.29, 1.82) is 0 Å². The van der Waals surface area contributed by atoms with Gasteiger partial charge in [-0.25, -0.2) is 0 Å². The van der Waals surface area contributed by atoms with E-state index in [2.05, 4.69) is 25.1 Å². The van der Waals surface area contributed by atoms with Gasteiger partial charge >= 0.3 is 0 Å². The molecule has 3 rings (SSSR count). The summed E-state index contributed by atoms with van der Waals surface area (Å²) in [6.07, 6.45) is 6.44. The normalized spacial score (nSPS) is 11.6. The number of benzene rings is 3. The van der Waals surface area contributed by atoms with Crippen molar-refractivity contribution < 1.29 is 19.1 Å². The van der Waals surface area contributed by atoms with Crippen molar-refractivity contribution >= 4 is 22.7 Å². The van der Waals surface area contributed by atoms with Crippen molar-refractivity contribution in [3.8, 4) is 17.2 Å². The third-order valence-electron chi connectivity index (χ3n) is 6.08. The van der Waals surface area contributed by atoms with E-state index in [9.17, 15) is 9.59 Å². The Balaban J connectivity index is 1.48. The highest BCUT2D eigenvalue weighted by atomic mass is 32.2. The molecule has 0 N–H and O–H groups in total. The molecule has 1 atom stereocenters. The lowest BCUT2D eigenvalue weighted by molar-refractivity contribution is -0.118. The van der Waals surface area contributed by atoms with Gasteiger partial charge in [-0.1, -0.05) is 74.5 Å². The molecule has 196 valence electrons. The van der Waals surface area contributed by atoms with Crippen LogP contribution in [0.2, 0.25) is 0 Å². The summed E-state index contributed by atoms with van der Waals surface area (Å²) in [6, 6.07) is 24.0. The summed E-state index contributed by atoms with van der Waals surface area (Å²) in [6.45, 7) is 6.21. The molecule has 3 aromatic carbocycles. The smallest absolute Gasteiger partial charge is 0.186 e. The molecule has 5 heteroatoms. The van der Waals surface area contributed by atoms with Gasteiger partial charge in [0.25, 0.3) is 0 Å². The molecule has 4 nitrogen and oxygen atoms in total. The third-order valence-corrected chi connectivity index (χ3v) is 7.18. The lowest BCUT2D eigenvalue weighted by atomic mass is 10.0. The van der Waals surface area contributed by atoms with Crippen molar-refractivity contribution in [1.82, 2.24) is 0 Å². The van der Waals surface area contributed by atoms with E-state index in [1.54, 1.807) is 0 Å². The summed E-state index contributed by atoms with van der Waals surface area (Å²) in [5.74, 6) is 2.68. The van der Waals surface area contributed by atoms with Gasteiger partial charge in [0.2, 0.25) is 0 Å². The molecule has 1 unspecified atom stereocenters. The van der Waals surface area contributed by atoms with Crippen LogP contribution in [0.1, 0.15) is 74.8 Å². The van der Waals surface area contributed by atoms with E-state index in [1.807, 2.05) is 61.5 Å². The number of thioether (sulfide) groups is 1.